The number of halogens is 1. The van der Waals surface area contributed by atoms with Crippen molar-refractivity contribution in [2.75, 3.05) is 44.4 Å². The minimum Gasteiger partial charge on any atom is -0.396 e. The summed E-state index contributed by atoms with van der Waals surface area (Å²) in [7, 11) is 1.86. The maximum atomic E-state index is 13.0. The molecule has 5 nitrogen and oxygen atoms in total. The van der Waals surface area contributed by atoms with Crippen LogP contribution in [0.4, 0.5) is 15.8 Å². The third-order valence-corrected chi connectivity index (χ3v) is 3.36. The van der Waals surface area contributed by atoms with E-state index in [1.54, 1.807) is 0 Å². The Bertz CT molecular complexity index is 492. The standard InChI is InChI=1S/C15H22FN3O2/c1-19(6-7-21-10-11-2-3-11)9-15(20)18-12-4-5-13(16)14(17)8-12/h4-5,8,11H,2-3,6-7,9-10,17H2,1H3,(H,18,20). The van der Waals surface area contributed by atoms with Gasteiger partial charge >= 0.3 is 0 Å². The summed E-state index contributed by atoms with van der Waals surface area (Å²) >= 11 is 0. The van der Waals surface area contributed by atoms with Crippen LogP contribution in [0.3, 0.4) is 0 Å². The van der Waals surface area contributed by atoms with Gasteiger partial charge in [-0.1, -0.05) is 0 Å². The third kappa shape index (κ3) is 5.69. The molecule has 1 amide bonds. The summed E-state index contributed by atoms with van der Waals surface area (Å²) in [6.45, 7) is 2.41. The molecule has 2 rings (SSSR count). The number of benzene rings is 1. The number of hydrogen-bond donors (Lipinski definition) is 2. The Labute approximate surface area is 124 Å². The van der Waals surface area contributed by atoms with E-state index in [-0.39, 0.29) is 18.1 Å². The molecule has 3 N–H and O–H groups in total. The van der Waals surface area contributed by atoms with Crippen molar-refractivity contribution >= 4 is 17.3 Å². The summed E-state index contributed by atoms with van der Waals surface area (Å²) < 4.78 is 18.5. The molecule has 0 heterocycles. The van der Waals surface area contributed by atoms with Crippen molar-refractivity contribution in [3.05, 3.63) is 24.0 Å². The number of nitrogens with zero attached hydrogens (tertiary/aromatic N) is 1. The van der Waals surface area contributed by atoms with E-state index < -0.39 is 5.82 Å². The van der Waals surface area contributed by atoms with Gasteiger partial charge in [-0.2, -0.15) is 0 Å². The first-order valence-electron chi connectivity index (χ1n) is 7.16. The number of hydrogen-bond acceptors (Lipinski definition) is 4. The number of nitrogen functional groups attached to an aromatic ring is 1. The molecule has 0 radical (unpaired) electrons. The number of rotatable bonds is 8. The van der Waals surface area contributed by atoms with Crippen LogP contribution in [0.1, 0.15) is 12.8 Å². The Morgan fingerprint density at radius 2 is 2.29 bits per heavy atom. The Morgan fingerprint density at radius 1 is 1.52 bits per heavy atom. The van der Waals surface area contributed by atoms with Gasteiger partial charge in [-0.05, 0) is 44.0 Å². The average molecular weight is 295 g/mol. The van der Waals surface area contributed by atoms with Gasteiger partial charge in [0.1, 0.15) is 5.82 Å². The summed E-state index contributed by atoms with van der Waals surface area (Å²) in [5, 5.41) is 2.69. The fourth-order valence-corrected chi connectivity index (χ4v) is 1.90. The maximum absolute atomic E-state index is 13.0. The van der Waals surface area contributed by atoms with Gasteiger partial charge in [0.05, 0.1) is 18.8 Å². The topological polar surface area (TPSA) is 67.6 Å². The summed E-state index contributed by atoms with van der Waals surface area (Å²) in [5.74, 6) is 0.103. The van der Waals surface area contributed by atoms with Gasteiger partial charge in [0.2, 0.25) is 5.91 Å². The number of amides is 1. The average Bonchev–Trinajstić information content (AvgIpc) is 3.23. The summed E-state index contributed by atoms with van der Waals surface area (Å²) in [6, 6.07) is 4.13. The molecule has 0 atom stereocenters. The molecule has 1 saturated carbocycles. The third-order valence-electron chi connectivity index (χ3n) is 3.36. The van der Waals surface area contributed by atoms with Crippen LogP contribution in [0.5, 0.6) is 0 Å². The van der Waals surface area contributed by atoms with Crippen molar-refractivity contribution in [1.29, 1.82) is 0 Å². The zero-order valence-corrected chi connectivity index (χ0v) is 12.3. The molecular formula is C15H22FN3O2. The minimum atomic E-state index is -0.488. The zero-order chi connectivity index (χ0) is 15.2. The summed E-state index contributed by atoms with van der Waals surface area (Å²) in [6.07, 6.45) is 2.55. The highest BCUT2D eigenvalue weighted by atomic mass is 19.1. The van der Waals surface area contributed by atoms with Crippen LogP contribution in [0.15, 0.2) is 18.2 Å². The first kappa shape index (κ1) is 15.7. The van der Waals surface area contributed by atoms with Gasteiger partial charge < -0.3 is 15.8 Å². The fourth-order valence-electron chi connectivity index (χ4n) is 1.90. The second-order valence-electron chi connectivity index (χ2n) is 5.54. The Balaban J connectivity index is 1.66. The quantitative estimate of drug-likeness (QED) is 0.566. The molecule has 1 aliphatic carbocycles. The largest absolute Gasteiger partial charge is 0.396 e. The molecule has 21 heavy (non-hydrogen) atoms. The van der Waals surface area contributed by atoms with E-state index in [0.29, 0.717) is 18.8 Å². The highest BCUT2D eigenvalue weighted by Crippen LogP contribution is 2.28. The lowest BCUT2D eigenvalue weighted by Gasteiger charge is -2.16. The maximum Gasteiger partial charge on any atom is 0.238 e. The molecule has 1 aromatic carbocycles. The Hall–Kier alpha value is -1.66. The van der Waals surface area contributed by atoms with Gasteiger partial charge in [0, 0.05) is 18.8 Å². The fraction of sp³-hybridized carbons (Fsp3) is 0.533. The normalized spacial score (nSPS) is 14.4. The van der Waals surface area contributed by atoms with Crippen LogP contribution >= 0.6 is 0 Å². The van der Waals surface area contributed by atoms with E-state index in [1.165, 1.54) is 31.0 Å². The molecule has 0 aliphatic heterocycles. The lowest BCUT2D eigenvalue weighted by atomic mass is 10.2. The monoisotopic (exact) mass is 295 g/mol. The number of carbonyl (C=O) groups is 1. The predicted octanol–water partition coefficient (Wildman–Crippen LogP) is 1.70. The molecular weight excluding hydrogens is 273 g/mol. The molecule has 0 aromatic heterocycles. The van der Waals surface area contributed by atoms with Crippen molar-refractivity contribution < 1.29 is 13.9 Å². The van der Waals surface area contributed by atoms with Gasteiger partial charge in [-0.15, -0.1) is 0 Å². The molecule has 1 aromatic rings. The lowest BCUT2D eigenvalue weighted by molar-refractivity contribution is -0.117. The number of likely N-dealkylation sites (N-methyl/N-ethyl adjacent to an activating group) is 1. The van der Waals surface area contributed by atoms with Gasteiger partial charge in [0.15, 0.2) is 0 Å². The highest BCUT2D eigenvalue weighted by Gasteiger charge is 2.21. The zero-order valence-electron chi connectivity index (χ0n) is 12.3. The van der Waals surface area contributed by atoms with Crippen LogP contribution in [-0.2, 0) is 9.53 Å². The predicted molar refractivity (Wildman–Crippen MR) is 80.5 cm³/mol. The second-order valence-corrected chi connectivity index (χ2v) is 5.54. The molecule has 0 saturated heterocycles. The van der Waals surface area contributed by atoms with E-state index >= 15 is 0 Å². The van der Waals surface area contributed by atoms with Gasteiger partial charge in [-0.3, -0.25) is 9.69 Å². The molecule has 1 aliphatic rings. The first-order valence-corrected chi connectivity index (χ1v) is 7.16. The van der Waals surface area contributed by atoms with Crippen molar-refractivity contribution in [3.63, 3.8) is 0 Å². The first-order chi connectivity index (χ1) is 10.0. The van der Waals surface area contributed by atoms with Crippen molar-refractivity contribution in [2.24, 2.45) is 5.92 Å². The summed E-state index contributed by atoms with van der Waals surface area (Å²) in [4.78, 5) is 13.7. The molecule has 0 bridgehead atoms. The Kier molecular flexibility index (Phi) is 5.52. The highest BCUT2D eigenvalue weighted by molar-refractivity contribution is 5.92. The summed E-state index contributed by atoms with van der Waals surface area (Å²) in [5.41, 5.74) is 5.98. The van der Waals surface area contributed by atoms with Crippen LogP contribution in [0, 0.1) is 11.7 Å². The van der Waals surface area contributed by atoms with Gasteiger partial charge in [0.25, 0.3) is 0 Å². The second kappa shape index (κ2) is 7.38. The number of nitrogens with one attached hydrogen (secondary N) is 1. The molecule has 0 unspecified atom stereocenters. The number of nitrogens with two attached hydrogens (primary N) is 1. The van der Waals surface area contributed by atoms with Crippen molar-refractivity contribution in [3.8, 4) is 0 Å². The number of carbonyl (C=O) groups excluding carboxylic acids is 1. The van der Waals surface area contributed by atoms with E-state index in [4.69, 9.17) is 10.5 Å². The number of ether oxygens (including phenoxy) is 1. The van der Waals surface area contributed by atoms with E-state index in [9.17, 15) is 9.18 Å². The smallest absolute Gasteiger partial charge is 0.238 e. The van der Waals surface area contributed by atoms with E-state index in [1.807, 2.05) is 11.9 Å². The molecule has 1 fully saturated rings. The molecule has 6 heteroatoms. The Morgan fingerprint density at radius 3 is 2.95 bits per heavy atom. The van der Waals surface area contributed by atoms with Crippen LogP contribution in [-0.4, -0.2) is 44.2 Å². The molecule has 0 spiro atoms. The van der Waals surface area contributed by atoms with Crippen LogP contribution < -0.4 is 11.1 Å². The van der Waals surface area contributed by atoms with Crippen molar-refractivity contribution in [1.82, 2.24) is 4.90 Å². The lowest BCUT2D eigenvalue weighted by Crippen LogP contribution is -2.32. The van der Waals surface area contributed by atoms with Gasteiger partial charge in [-0.25, -0.2) is 4.39 Å². The van der Waals surface area contributed by atoms with Crippen LogP contribution in [0.2, 0.25) is 0 Å². The minimum absolute atomic E-state index is 0.0228. The SMILES string of the molecule is CN(CCOCC1CC1)CC(=O)Nc1ccc(F)c(N)c1. The number of anilines is 2. The van der Waals surface area contributed by atoms with Crippen LogP contribution in [0.25, 0.3) is 0 Å². The van der Waals surface area contributed by atoms with Crippen molar-refractivity contribution in [2.45, 2.75) is 12.8 Å². The molecule has 116 valence electrons. The van der Waals surface area contributed by atoms with E-state index in [2.05, 4.69) is 5.32 Å². The van der Waals surface area contributed by atoms with E-state index in [0.717, 1.165) is 12.5 Å².